The Bertz CT molecular complexity index is 1440. The Balaban J connectivity index is 1.44. The van der Waals surface area contributed by atoms with Crippen molar-refractivity contribution >= 4 is 50.7 Å². The van der Waals surface area contributed by atoms with Crippen LogP contribution >= 0.6 is 23.4 Å². The maximum Gasteiger partial charge on any atom is 0.263 e. The van der Waals surface area contributed by atoms with Gasteiger partial charge in [-0.1, -0.05) is 54.1 Å². The molecule has 178 valence electrons. The average molecular weight is 523 g/mol. The van der Waals surface area contributed by atoms with Crippen LogP contribution in [0, 0.1) is 6.92 Å². The maximum atomic E-state index is 12.9. The number of benzene rings is 4. The highest BCUT2D eigenvalue weighted by atomic mass is 35.5. The molecule has 0 aliphatic carbocycles. The number of carbonyl (C=O) groups is 1. The smallest absolute Gasteiger partial charge is 0.263 e. The minimum Gasteiger partial charge on any atom is -0.322 e. The molecule has 0 saturated carbocycles. The monoisotopic (exact) mass is 522 g/mol. The van der Waals surface area contributed by atoms with E-state index in [1.165, 1.54) is 23.1 Å². The first-order valence-electron chi connectivity index (χ1n) is 10.8. The number of carbonyl (C=O) groups excluding carboxylic acids is 1. The molecule has 0 saturated heterocycles. The molecule has 0 fully saturated rings. The van der Waals surface area contributed by atoms with Crippen molar-refractivity contribution in [1.82, 2.24) is 0 Å². The van der Waals surface area contributed by atoms with Gasteiger partial charge in [0.15, 0.2) is 0 Å². The molecule has 0 spiro atoms. The van der Waals surface area contributed by atoms with Gasteiger partial charge in [0.25, 0.3) is 15.9 Å². The van der Waals surface area contributed by atoms with Gasteiger partial charge in [-0.25, -0.2) is 8.42 Å². The Hall–Kier alpha value is -3.26. The van der Waals surface area contributed by atoms with Crippen molar-refractivity contribution < 1.29 is 13.2 Å². The Kier molecular flexibility index (Phi) is 7.80. The van der Waals surface area contributed by atoms with Gasteiger partial charge < -0.3 is 5.32 Å². The van der Waals surface area contributed by atoms with Crippen LogP contribution in [0.2, 0.25) is 5.02 Å². The largest absolute Gasteiger partial charge is 0.322 e. The lowest BCUT2D eigenvalue weighted by Gasteiger charge is -2.12. The molecule has 5 nitrogen and oxygen atoms in total. The van der Waals surface area contributed by atoms with Crippen LogP contribution in [0.1, 0.15) is 21.5 Å². The first-order chi connectivity index (χ1) is 16.8. The molecule has 4 aromatic carbocycles. The zero-order chi connectivity index (χ0) is 24.8. The van der Waals surface area contributed by atoms with Gasteiger partial charge in [0, 0.05) is 27.6 Å². The molecule has 0 heterocycles. The third kappa shape index (κ3) is 6.66. The SMILES string of the molecule is Cc1cccc(NS(=O)(=O)c2cc(C(=O)Nc3ccc(CSc4ccccc4)cc3)ccc2Cl)c1. The number of hydrogen-bond donors (Lipinski definition) is 2. The lowest BCUT2D eigenvalue weighted by molar-refractivity contribution is 0.102. The van der Waals surface area contributed by atoms with E-state index in [-0.39, 0.29) is 15.5 Å². The van der Waals surface area contributed by atoms with E-state index in [1.807, 2.05) is 55.5 Å². The first kappa shape index (κ1) is 24.9. The van der Waals surface area contributed by atoms with E-state index in [0.29, 0.717) is 11.4 Å². The van der Waals surface area contributed by atoms with Gasteiger partial charge in [0.05, 0.1) is 5.02 Å². The highest BCUT2D eigenvalue weighted by molar-refractivity contribution is 7.98. The van der Waals surface area contributed by atoms with Crippen molar-refractivity contribution in [1.29, 1.82) is 0 Å². The third-order valence-electron chi connectivity index (χ3n) is 5.11. The minimum atomic E-state index is -3.99. The second-order valence-corrected chi connectivity index (χ2v) is 11.0. The van der Waals surface area contributed by atoms with E-state index >= 15 is 0 Å². The van der Waals surface area contributed by atoms with Crippen LogP contribution in [-0.2, 0) is 15.8 Å². The van der Waals surface area contributed by atoms with Gasteiger partial charge in [0.1, 0.15) is 4.90 Å². The van der Waals surface area contributed by atoms with E-state index < -0.39 is 15.9 Å². The highest BCUT2D eigenvalue weighted by Crippen LogP contribution is 2.26. The Labute approximate surface area is 214 Å². The van der Waals surface area contributed by atoms with Crippen molar-refractivity contribution in [2.24, 2.45) is 0 Å². The second-order valence-electron chi connectivity index (χ2n) is 7.87. The van der Waals surface area contributed by atoms with Crippen LogP contribution in [0.3, 0.4) is 0 Å². The number of thioether (sulfide) groups is 1. The molecule has 2 N–H and O–H groups in total. The van der Waals surface area contributed by atoms with Gasteiger partial charge in [-0.2, -0.15) is 0 Å². The van der Waals surface area contributed by atoms with Crippen molar-refractivity contribution in [3.05, 3.63) is 119 Å². The first-order valence-corrected chi connectivity index (χ1v) is 13.6. The van der Waals surface area contributed by atoms with Gasteiger partial charge in [0.2, 0.25) is 0 Å². The van der Waals surface area contributed by atoms with E-state index in [4.69, 9.17) is 11.6 Å². The normalized spacial score (nSPS) is 11.1. The summed E-state index contributed by atoms with van der Waals surface area (Å²) >= 11 is 7.92. The molecule has 8 heteroatoms. The summed E-state index contributed by atoms with van der Waals surface area (Å²) in [5, 5.41) is 2.84. The molecular formula is C27H23ClN2O3S2. The highest BCUT2D eigenvalue weighted by Gasteiger charge is 2.20. The standard InChI is InChI=1S/C27H23ClN2O3S2/c1-19-6-5-7-23(16-19)30-35(32,33)26-17-21(12-15-25(26)28)27(31)29-22-13-10-20(11-14-22)18-34-24-8-3-2-4-9-24/h2-17,30H,18H2,1H3,(H,29,31). The zero-order valence-electron chi connectivity index (χ0n) is 18.9. The molecule has 0 aliphatic rings. The molecule has 0 unspecified atom stereocenters. The summed E-state index contributed by atoms with van der Waals surface area (Å²) in [4.78, 5) is 13.9. The summed E-state index contributed by atoms with van der Waals surface area (Å²) < 4.78 is 28.4. The van der Waals surface area contributed by atoms with Gasteiger partial charge in [-0.3, -0.25) is 9.52 Å². The predicted molar refractivity (Wildman–Crippen MR) is 144 cm³/mol. The number of aryl methyl sites for hydroxylation is 1. The number of amides is 1. The van der Waals surface area contributed by atoms with Gasteiger partial charge in [-0.05, 0) is 72.6 Å². The topological polar surface area (TPSA) is 75.3 Å². The summed E-state index contributed by atoms with van der Waals surface area (Å²) in [5.74, 6) is 0.380. The van der Waals surface area contributed by atoms with E-state index in [0.717, 1.165) is 16.9 Å². The van der Waals surface area contributed by atoms with E-state index in [2.05, 4.69) is 22.2 Å². The maximum absolute atomic E-state index is 12.9. The summed E-state index contributed by atoms with van der Waals surface area (Å²) in [6.07, 6.45) is 0. The van der Waals surface area contributed by atoms with Crippen molar-refractivity contribution in [2.45, 2.75) is 22.5 Å². The fraction of sp³-hybridized carbons (Fsp3) is 0.0741. The quantitative estimate of drug-likeness (QED) is 0.244. The minimum absolute atomic E-state index is 0.0296. The van der Waals surface area contributed by atoms with Gasteiger partial charge in [-0.15, -0.1) is 11.8 Å². The molecule has 0 radical (unpaired) electrons. The Morgan fingerprint density at radius 3 is 2.31 bits per heavy atom. The fourth-order valence-electron chi connectivity index (χ4n) is 3.34. The van der Waals surface area contributed by atoms with Crippen LogP contribution in [0.4, 0.5) is 11.4 Å². The van der Waals surface area contributed by atoms with Crippen molar-refractivity contribution in [2.75, 3.05) is 10.0 Å². The summed E-state index contributed by atoms with van der Waals surface area (Å²) in [6.45, 7) is 1.87. The molecule has 1 amide bonds. The molecule has 0 atom stereocenters. The lowest BCUT2D eigenvalue weighted by Crippen LogP contribution is -2.16. The van der Waals surface area contributed by atoms with Crippen molar-refractivity contribution in [3.8, 4) is 0 Å². The Morgan fingerprint density at radius 1 is 0.857 bits per heavy atom. The molecule has 0 aromatic heterocycles. The van der Waals surface area contributed by atoms with Crippen molar-refractivity contribution in [3.63, 3.8) is 0 Å². The lowest BCUT2D eigenvalue weighted by atomic mass is 10.2. The summed E-state index contributed by atoms with van der Waals surface area (Å²) in [6, 6.07) is 28.9. The van der Waals surface area contributed by atoms with Crippen LogP contribution in [0.25, 0.3) is 0 Å². The predicted octanol–water partition coefficient (Wildman–Crippen LogP) is 6.99. The van der Waals surface area contributed by atoms with E-state index in [9.17, 15) is 13.2 Å². The third-order valence-corrected chi connectivity index (χ3v) is 8.06. The molecular weight excluding hydrogens is 500 g/mol. The second kappa shape index (κ2) is 11.0. The van der Waals surface area contributed by atoms with Crippen LogP contribution < -0.4 is 10.0 Å². The average Bonchev–Trinajstić information content (AvgIpc) is 2.84. The van der Waals surface area contributed by atoms with Gasteiger partial charge >= 0.3 is 0 Å². The molecule has 4 rings (SSSR count). The number of anilines is 2. The summed E-state index contributed by atoms with van der Waals surface area (Å²) in [7, 11) is -3.99. The number of hydrogen-bond acceptors (Lipinski definition) is 4. The Morgan fingerprint density at radius 2 is 1.60 bits per heavy atom. The molecule has 0 aliphatic heterocycles. The number of rotatable bonds is 8. The number of halogens is 1. The molecule has 0 bridgehead atoms. The summed E-state index contributed by atoms with van der Waals surface area (Å²) in [5.41, 5.74) is 3.25. The van der Waals surface area contributed by atoms with E-state index in [1.54, 1.807) is 30.0 Å². The number of sulfonamides is 1. The van der Waals surface area contributed by atoms with Crippen LogP contribution in [0.15, 0.2) is 107 Å². The zero-order valence-corrected chi connectivity index (χ0v) is 21.3. The molecule has 4 aromatic rings. The van der Waals surface area contributed by atoms with Crippen LogP contribution in [0.5, 0.6) is 0 Å². The molecule has 35 heavy (non-hydrogen) atoms. The van der Waals surface area contributed by atoms with Crippen LogP contribution in [-0.4, -0.2) is 14.3 Å². The fourth-order valence-corrected chi connectivity index (χ4v) is 5.79. The number of nitrogens with one attached hydrogen (secondary N) is 2.